The standard InChI is InChI=1S/C21H23N3/c22-17-20-8-10-21(11-9-20)18-24-15-13-23(14-16-24)12-4-7-19-5-2-1-3-6-19/h1-11H,12-16,18H2/b7-4+. The Kier molecular flexibility index (Phi) is 5.79. The van der Waals surface area contributed by atoms with Gasteiger partial charge in [0.1, 0.15) is 0 Å². The molecule has 2 aromatic carbocycles. The van der Waals surface area contributed by atoms with Gasteiger partial charge in [0, 0.05) is 39.3 Å². The van der Waals surface area contributed by atoms with Gasteiger partial charge in [-0.15, -0.1) is 0 Å². The molecule has 3 rings (SSSR count). The predicted molar refractivity (Wildman–Crippen MR) is 98.4 cm³/mol. The summed E-state index contributed by atoms with van der Waals surface area (Å²) in [6, 6.07) is 20.5. The smallest absolute Gasteiger partial charge is 0.0991 e. The maximum absolute atomic E-state index is 8.85. The van der Waals surface area contributed by atoms with E-state index >= 15 is 0 Å². The Bertz CT molecular complexity index is 690. The molecule has 0 aromatic heterocycles. The molecule has 3 heteroatoms. The molecule has 0 amide bonds. The Morgan fingerprint density at radius 2 is 1.54 bits per heavy atom. The molecule has 0 atom stereocenters. The summed E-state index contributed by atoms with van der Waals surface area (Å²) in [5, 5.41) is 8.85. The maximum atomic E-state index is 8.85. The lowest BCUT2D eigenvalue weighted by molar-refractivity contribution is 0.137. The summed E-state index contributed by atoms with van der Waals surface area (Å²) in [6.07, 6.45) is 4.45. The Labute approximate surface area is 144 Å². The second kappa shape index (κ2) is 8.44. The van der Waals surface area contributed by atoms with Crippen LogP contribution in [-0.2, 0) is 6.54 Å². The highest BCUT2D eigenvalue weighted by atomic mass is 15.3. The van der Waals surface area contributed by atoms with Crippen molar-refractivity contribution in [3.05, 3.63) is 77.4 Å². The van der Waals surface area contributed by atoms with E-state index in [0.29, 0.717) is 0 Å². The molecule has 122 valence electrons. The first kappa shape index (κ1) is 16.4. The van der Waals surface area contributed by atoms with E-state index < -0.39 is 0 Å². The third-order valence-corrected chi connectivity index (χ3v) is 4.43. The number of hydrogen-bond acceptors (Lipinski definition) is 3. The molecule has 3 nitrogen and oxygen atoms in total. The van der Waals surface area contributed by atoms with Crippen molar-refractivity contribution in [2.24, 2.45) is 0 Å². The van der Waals surface area contributed by atoms with Crippen LogP contribution in [0.25, 0.3) is 6.08 Å². The largest absolute Gasteiger partial charge is 0.297 e. The third kappa shape index (κ3) is 4.79. The molecule has 0 bridgehead atoms. The number of benzene rings is 2. The lowest BCUT2D eigenvalue weighted by atomic mass is 10.1. The fourth-order valence-electron chi connectivity index (χ4n) is 2.97. The van der Waals surface area contributed by atoms with Gasteiger partial charge in [-0.3, -0.25) is 9.80 Å². The molecule has 0 saturated carbocycles. The number of rotatable bonds is 5. The van der Waals surface area contributed by atoms with Gasteiger partial charge >= 0.3 is 0 Å². The van der Waals surface area contributed by atoms with Crippen molar-refractivity contribution >= 4 is 6.08 Å². The fraction of sp³-hybridized carbons (Fsp3) is 0.286. The maximum Gasteiger partial charge on any atom is 0.0991 e. The minimum Gasteiger partial charge on any atom is -0.297 e. The minimum absolute atomic E-state index is 0.730. The quantitative estimate of drug-likeness (QED) is 0.847. The van der Waals surface area contributed by atoms with Crippen LogP contribution >= 0.6 is 0 Å². The molecule has 1 heterocycles. The van der Waals surface area contributed by atoms with Crippen molar-refractivity contribution < 1.29 is 0 Å². The third-order valence-electron chi connectivity index (χ3n) is 4.43. The number of nitriles is 1. The molecule has 1 fully saturated rings. The van der Waals surface area contributed by atoms with Gasteiger partial charge in [0.15, 0.2) is 0 Å². The topological polar surface area (TPSA) is 30.3 Å². The molecule has 2 aromatic rings. The molecule has 1 saturated heterocycles. The SMILES string of the molecule is N#Cc1ccc(CN2CCN(C/C=C/c3ccccc3)CC2)cc1. The first-order valence-electron chi connectivity index (χ1n) is 8.49. The summed E-state index contributed by atoms with van der Waals surface area (Å²) in [6.45, 7) is 6.39. The van der Waals surface area contributed by atoms with Gasteiger partial charge in [-0.1, -0.05) is 54.6 Å². The van der Waals surface area contributed by atoms with Crippen molar-refractivity contribution in [2.45, 2.75) is 6.54 Å². The van der Waals surface area contributed by atoms with Crippen LogP contribution in [0.5, 0.6) is 0 Å². The molecule has 0 radical (unpaired) electrons. The predicted octanol–water partition coefficient (Wildman–Crippen LogP) is 3.39. The second-order valence-corrected chi connectivity index (χ2v) is 6.20. The highest BCUT2D eigenvalue weighted by molar-refractivity contribution is 5.48. The zero-order valence-electron chi connectivity index (χ0n) is 13.9. The number of hydrogen-bond donors (Lipinski definition) is 0. The minimum atomic E-state index is 0.730. The fourth-order valence-corrected chi connectivity index (χ4v) is 2.97. The van der Waals surface area contributed by atoms with Gasteiger partial charge in [-0.05, 0) is 23.3 Å². The number of nitrogens with zero attached hydrogens (tertiary/aromatic N) is 3. The first-order valence-corrected chi connectivity index (χ1v) is 8.49. The van der Waals surface area contributed by atoms with Crippen LogP contribution in [0.4, 0.5) is 0 Å². The van der Waals surface area contributed by atoms with E-state index in [1.807, 2.05) is 18.2 Å². The van der Waals surface area contributed by atoms with Gasteiger partial charge in [0.05, 0.1) is 11.6 Å². The van der Waals surface area contributed by atoms with E-state index in [-0.39, 0.29) is 0 Å². The van der Waals surface area contributed by atoms with E-state index in [1.54, 1.807) is 0 Å². The number of piperazine rings is 1. The Balaban J connectivity index is 1.42. The van der Waals surface area contributed by atoms with Crippen LogP contribution in [0.2, 0.25) is 0 Å². The van der Waals surface area contributed by atoms with E-state index in [2.05, 4.69) is 64.4 Å². The monoisotopic (exact) mass is 317 g/mol. The van der Waals surface area contributed by atoms with Crippen molar-refractivity contribution in [1.82, 2.24) is 9.80 Å². The van der Waals surface area contributed by atoms with Crippen molar-refractivity contribution in [3.8, 4) is 6.07 Å². The van der Waals surface area contributed by atoms with E-state index in [1.165, 1.54) is 11.1 Å². The van der Waals surface area contributed by atoms with Gasteiger partial charge in [0.2, 0.25) is 0 Å². The summed E-state index contributed by atoms with van der Waals surface area (Å²) in [4.78, 5) is 4.98. The van der Waals surface area contributed by atoms with Crippen molar-refractivity contribution in [2.75, 3.05) is 32.7 Å². The van der Waals surface area contributed by atoms with Gasteiger partial charge in [0.25, 0.3) is 0 Å². The molecule has 0 spiro atoms. The van der Waals surface area contributed by atoms with E-state index in [9.17, 15) is 0 Å². The summed E-state index contributed by atoms with van der Waals surface area (Å²) in [5.74, 6) is 0. The first-order chi connectivity index (χ1) is 11.8. The van der Waals surface area contributed by atoms with Crippen molar-refractivity contribution in [3.63, 3.8) is 0 Å². The second-order valence-electron chi connectivity index (χ2n) is 6.20. The summed E-state index contributed by atoms with van der Waals surface area (Å²) < 4.78 is 0. The van der Waals surface area contributed by atoms with Gasteiger partial charge < -0.3 is 0 Å². The molecular formula is C21H23N3. The molecule has 0 unspecified atom stereocenters. The highest BCUT2D eigenvalue weighted by Crippen LogP contribution is 2.10. The Morgan fingerprint density at radius 1 is 0.875 bits per heavy atom. The zero-order valence-corrected chi connectivity index (χ0v) is 13.9. The molecule has 0 N–H and O–H groups in total. The average Bonchev–Trinajstić information content (AvgIpc) is 2.65. The highest BCUT2D eigenvalue weighted by Gasteiger charge is 2.15. The molecule has 1 aliphatic heterocycles. The lowest BCUT2D eigenvalue weighted by Crippen LogP contribution is -2.45. The van der Waals surface area contributed by atoms with Crippen LogP contribution in [0.15, 0.2) is 60.7 Å². The average molecular weight is 317 g/mol. The van der Waals surface area contributed by atoms with Crippen LogP contribution in [0.1, 0.15) is 16.7 Å². The van der Waals surface area contributed by atoms with Crippen molar-refractivity contribution in [1.29, 1.82) is 5.26 Å². The molecule has 1 aliphatic rings. The van der Waals surface area contributed by atoms with Crippen LogP contribution in [0.3, 0.4) is 0 Å². The summed E-state index contributed by atoms with van der Waals surface area (Å²) >= 11 is 0. The lowest BCUT2D eigenvalue weighted by Gasteiger charge is -2.34. The normalized spacial score (nSPS) is 16.3. The summed E-state index contributed by atoms with van der Waals surface area (Å²) in [5.41, 5.74) is 3.28. The summed E-state index contributed by atoms with van der Waals surface area (Å²) in [7, 11) is 0. The van der Waals surface area contributed by atoms with E-state index in [0.717, 1.165) is 44.8 Å². The van der Waals surface area contributed by atoms with Gasteiger partial charge in [-0.2, -0.15) is 5.26 Å². The molecule has 0 aliphatic carbocycles. The zero-order chi connectivity index (χ0) is 16.6. The van der Waals surface area contributed by atoms with Crippen LogP contribution < -0.4 is 0 Å². The van der Waals surface area contributed by atoms with E-state index in [4.69, 9.17) is 5.26 Å². The molecular weight excluding hydrogens is 294 g/mol. The van der Waals surface area contributed by atoms with Crippen LogP contribution in [-0.4, -0.2) is 42.5 Å². The van der Waals surface area contributed by atoms with Gasteiger partial charge in [-0.25, -0.2) is 0 Å². The van der Waals surface area contributed by atoms with Crippen LogP contribution in [0, 0.1) is 11.3 Å². The Hall–Kier alpha value is -2.41. The molecule has 24 heavy (non-hydrogen) atoms. The Morgan fingerprint density at radius 3 is 2.21 bits per heavy atom.